The third-order valence-electron chi connectivity index (χ3n) is 7.94. The molecule has 0 amide bonds. The first-order valence-corrected chi connectivity index (χ1v) is 16.5. The van der Waals surface area contributed by atoms with Crippen molar-refractivity contribution in [2.24, 2.45) is 21.1 Å². The molecule has 0 N–H and O–H groups in total. The van der Waals surface area contributed by atoms with Crippen molar-refractivity contribution in [3.8, 4) is 0 Å². The molecule has 0 atom stereocenters. The van der Waals surface area contributed by atoms with Gasteiger partial charge < -0.3 is 13.7 Å². The molecule has 4 aromatic rings. The van der Waals surface area contributed by atoms with Crippen LogP contribution in [0.15, 0.2) is 0 Å². The van der Waals surface area contributed by atoms with E-state index < -0.39 is 0 Å². The summed E-state index contributed by atoms with van der Waals surface area (Å²) in [5, 5.41) is 1.18. The normalized spacial score (nSPS) is 11.0. The smallest absolute Gasteiger partial charge is 0.111 e. The van der Waals surface area contributed by atoms with Gasteiger partial charge in [0.05, 0.1) is 27.8 Å². The van der Waals surface area contributed by atoms with Crippen LogP contribution in [0.1, 0.15) is 146 Å². The van der Waals surface area contributed by atoms with Crippen LogP contribution in [-0.2, 0) is 21.1 Å². The lowest BCUT2D eigenvalue weighted by Gasteiger charge is -2.07. The Bertz CT molecular complexity index is 1390. The highest BCUT2D eigenvalue weighted by Crippen LogP contribution is 2.23. The molecule has 0 aliphatic carbocycles. The second kappa shape index (κ2) is 16.4. The Hall–Kier alpha value is -2.74. The van der Waals surface area contributed by atoms with Crippen molar-refractivity contribution in [3.05, 3.63) is 67.2 Å². The summed E-state index contributed by atoms with van der Waals surface area (Å²) in [6.07, 6.45) is 0. The highest BCUT2D eigenvalue weighted by Gasteiger charge is 2.12. The summed E-state index contributed by atoms with van der Waals surface area (Å²) in [6, 6.07) is 0. The molecule has 0 fully saturated rings. The molecule has 8 heteroatoms. The first kappa shape index (κ1) is 38.3. The Morgan fingerprint density at radius 3 is 1.19 bits per heavy atom. The molecule has 43 heavy (non-hydrogen) atoms. The maximum absolute atomic E-state index is 4.47. The molecular formula is C35H61N7S. The molecule has 242 valence electrons. The number of nitrogens with zero attached hydrogens (tertiary/aromatic N) is 7. The lowest BCUT2D eigenvalue weighted by atomic mass is 10.1. The van der Waals surface area contributed by atoms with Gasteiger partial charge in [-0.25, -0.2) is 19.9 Å². The van der Waals surface area contributed by atoms with Crippen LogP contribution >= 0.6 is 11.3 Å². The predicted octanol–water partition coefficient (Wildman–Crippen LogP) is 9.36. The molecular weight excluding hydrogens is 551 g/mol. The molecule has 7 nitrogen and oxygen atoms in total. The van der Waals surface area contributed by atoms with Gasteiger partial charge in [-0.05, 0) is 73.1 Å². The van der Waals surface area contributed by atoms with Crippen molar-refractivity contribution < 1.29 is 0 Å². The lowest BCUT2D eigenvalue weighted by molar-refractivity contribution is 0.700. The molecule has 0 saturated carbocycles. The molecule has 0 unspecified atom stereocenters. The average molecular weight is 612 g/mol. The molecule has 4 heterocycles. The summed E-state index contributed by atoms with van der Waals surface area (Å²) in [7, 11) is 6.21. The molecule has 0 spiro atoms. The van der Waals surface area contributed by atoms with Gasteiger partial charge in [0.15, 0.2) is 0 Å². The highest BCUT2D eigenvalue weighted by molar-refractivity contribution is 7.11. The van der Waals surface area contributed by atoms with Crippen molar-refractivity contribution >= 4 is 11.3 Å². The van der Waals surface area contributed by atoms with E-state index in [0.29, 0.717) is 23.7 Å². The standard InChI is InChI=1S/3C9H16N2.C8H13NS/c1-6(2)9-7(3)11(5)8(4)10-9;1-6(2)9-7(3)10-8(4)11(9)5;1-6(2)9-10-7(3)8(4)11(9)5;1-5(2)8-6(3)10-7(4)9-8/h3*6H,1-5H3;5H,1-4H3. The third kappa shape index (κ3) is 10.2. The fourth-order valence-electron chi connectivity index (χ4n) is 5.23. The lowest BCUT2D eigenvalue weighted by Crippen LogP contribution is -2.00. The number of hydrogen-bond acceptors (Lipinski definition) is 5. The second-order valence-corrected chi connectivity index (χ2v) is 14.3. The molecule has 0 aliphatic heterocycles. The van der Waals surface area contributed by atoms with Crippen LogP contribution in [0.2, 0.25) is 0 Å². The van der Waals surface area contributed by atoms with Crippen LogP contribution in [0.4, 0.5) is 0 Å². The minimum Gasteiger partial charge on any atom is -0.335 e. The third-order valence-corrected chi connectivity index (χ3v) is 8.84. The van der Waals surface area contributed by atoms with E-state index in [1.54, 1.807) is 11.3 Å². The van der Waals surface area contributed by atoms with Crippen LogP contribution < -0.4 is 0 Å². The van der Waals surface area contributed by atoms with Crippen molar-refractivity contribution in [1.29, 1.82) is 0 Å². The van der Waals surface area contributed by atoms with E-state index in [-0.39, 0.29) is 0 Å². The zero-order valence-corrected chi connectivity index (χ0v) is 31.7. The Morgan fingerprint density at radius 2 is 1.00 bits per heavy atom. The monoisotopic (exact) mass is 611 g/mol. The average Bonchev–Trinajstić information content (AvgIpc) is 3.55. The van der Waals surface area contributed by atoms with Crippen LogP contribution in [0.25, 0.3) is 0 Å². The summed E-state index contributed by atoms with van der Waals surface area (Å²) < 4.78 is 6.47. The number of aryl methyl sites for hydroxylation is 6. The van der Waals surface area contributed by atoms with Crippen LogP contribution in [0, 0.1) is 55.4 Å². The fraction of sp³-hybridized carbons (Fsp3) is 0.657. The zero-order chi connectivity index (χ0) is 33.5. The van der Waals surface area contributed by atoms with Gasteiger partial charge in [-0.15, -0.1) is 11.3 Å². The van der Waals surface area contributed by atoms with Gasteiger partial charge in [0.1, 0.15) is 17.5 Å². The number of thiazole rings is 1. The number of rotatable bonds is 4. The second-order valence-electron chi connectivity index (χ2n) is 12.9. The Kier molecular flexibility index (Phi) is 14.6. The van der Waals surface area contributed by atoms with E-state index in [2.05, 4.69) is 152 Å². The first-order valence-electron chi connectivity index (χ1n) is 15.7. The molecule has 4 aromatic heterocycles. The van der Waals surface area contributed by atoms with Gasteiger partial charge in [0.25, 0.3) is 0 Å². The number of imidazole rings is 3. The Balaban J connectivity index is 0.000000287. The van der Waals surface area contributed by atoms with Crippen LogP contribution in [0.3, 0.4) is 0 Å². The molecule has 0 aliphatic rings. The largest absolute Gasteiger partial charge is 0.335 e. The van der Waals surface area contributed by atoms with Gasteiger partial charge in [0, 0.05) is 49.0 Å². The SMILES string of the molecule is Cc1nc(C(C)C)c(C)n1C.Cc1nc(C(C)C)c(C)s1.Cc1nc(C(C)C)n(C)c1C.Cc1nc(C)n(C)c1C(C)C. The summed E-state index contributed by atoms with van der Waals surface area (Å²) in [4.78, 5) is 19.1. The van der Waals surface area contributed by atoms with Gasteiger partial charge in [0.2, 0.25) is 0 Å². The van der Waals surface area contributed by atoms with Gasteiger partial charge in [-0.1, -0.05) is 55.4 Å². The van der Waals surface area contributed by atoms with E-state index in [9.17, 15) is 0 Å². The van der Waals surface area contributed by atoms with E-state index in [1.165, 1.54) is 49.9 Å². The van der Waals surface area contributed by atoms with Gasteiger partial charge in [-0.2, -0.15) is 0 Å². The summed E-state index contributed by atoms with van der Waals surface area (Å²) in [6.45, 7) is 34.1. The maximum atomic E-state index is 4.47. The van der Waals surface area contributed by atoms with E-state index >= 15 is 0 Å². The van der Waals surface area contributed by atoms with Crippen LogP contribution in [0.5, 0.6) is 0 Å². The minimum absolute atomic E-state index is 0.521. The topological polar surface area (TPSA) is 66.3 Å². The molecule has 0 bridgehead atoms. The fourth-order valence-corrected chi connectivity index (χ4v) is 6.20. The Morgan fingerprint density at radius 1 is 0.488 bits per heavy atom. The molecule has 0 saturated heterocycles. The molecule has 0 radical (unpaired) electrons. The van der Waals surface area contributed by atoms with Crippen molar-refractivity contribution in [3.63, 3.8) is 0 Å². The molecule has 0 aromatic carbocycles. The summed E-state index contributed by atoms with van der Waals surface area (Å²) in [5.41, 5.74) is 8.72. The van der Waals surface area contributed by atoms with E-state index in [1.807, 2.05) is 13.8 Å². The maximum Gasteiger partial charge on any atom is 0.111 e. The van der Waals surface area contributed by atoms with E-state index in [0.717, 1.165) is 17.3 Å². The van der Waals surface area contributed by atoms with Gasteiger partial charge >= 0.3 is 0 Å². The summed E-state index contributed by atoms with van der Waals surface area (Å²) >= 11 is 1.79. The number of aromatic nitrogens is 7. The Labute approximate surface area is 267 Å². The van der Waals surface area contributed by atoms with Crippen molar-refractivity contribution in [2.45, 2.75) is 134 Å². The van der Waals surface area contributed by atoms with Crippen molar-refractivity contribution in [1.82, 2.24) is 33.6 Å². The first-order chi connectivity index (χ1) is 19.7. The zero-order valence-electron chi connectivity index (χ0n) is 30.8. The quantitative estimate of drug-likeness (QED) is 0.231. The van der Waals surface area contributed by atoms with Gasteiger partial charge in [-0.3, -0.25) is 0 Å². The molecule has 4 rings (SSSR count). The minimum atomic E-state index is 0.521. The number of hydrogen-bond donors (Lipinski definition) is 0. The van der Waals surface area contributed by atoms with E-state index in [4.69, 9.17) is 0 Å². The summed E-state index contributed by atoms with van der Waals surface area (Å²) in [5.74, 6) is 5.59. The van der Waals surface area contributed by atoms with Crippen molar-refractivity contribution in [2.75, 3.05) is 0 Å². The highest BCUT2D eigenvalue weighted by atomic mass is 32.1. The predicted molar refractivity (Wildman–Crippen MR) is 186 cm³/mol. The van der Waals surface area contributed by atoms with Crippen LogP contribution in [-0.4, -0.2) is 33.6 Å².